The first-order valence-electron chi connectivity index (χ1n) is 11.7. The van der Waals surface area contributed by atoms with Gasteiger partial charge in [0.1, 0.15) is 17.5 Å². The van der Waals surface area contributed by atoms with Crippen molar-refractivity contribution < 1.29 is 19.4 Å². The third-order valence-corrected chi connectivity index (χ3v) is 5.95. The molecule has 4 nitrogen and oxygen atoms in total. The third-order valence-electron chi connectivity index (χ3n) is 5.95. The fourth-order valence-electron chi connectivity index (χ4n) is 4.60. The van der Waals surface area contributed by atoms with Crippen LogP contribution in [-0.4, -0.2) is 30.9 Å². The van der Waals surface area contributed by atoms with E-state index in [1.807, 2.05) is 18.1 Å². The molecule has 0 aliphatic carbocycles. The molecule has 0 saturated heterocycles. The zero-order chi connectivity index (χ0) is 22.7. The maximum Gasteiger partial charge on any atom is 0.127 e. The quantitative estimate of drug-likeness (QED) is 0.264. The van der Waals surface area contributed by atoms with Crippen LogP contribution in [0.1, 0.15) is 84.6 Å². The van der Waals surface area contributed by atoms with Gasteiger partial charge in [0, 0.05) is 23.0 Å². The molecule has 2 rings (SSSR count). The summed E-state index contributed by atoms with van der Waals surface area (Å²) in [4.78, 5) is 10.1. The number of benzene rings is 1. The van der Waals surface area contributed by atoms with Gasteiger partial charge < -0.3 is 14.6 Å². The van der Waals surface area contributed by atoms with Gasteiger partial charge in [-0.2, -0.15) is 0 Å². The minimum Gasteiger partial charge on any atom is -0.508 e. The number of allylic oxidation sites excluding steroid dienone is 1. The lowest BCUT2D eigenvalue weighted by molar-refractivity contribution is 0.0678. The number of aromatic hydroxyl groups is 1. The lowest BCUT2D eigenvalue weighted by Crippen LogP contribution is -2.31. The number of ether oxygens (including phenoxy) is 2. The maximum absolute atomic E-state index is 10.1. The number of hydrogen-bond donors (Lipinski definition) is 1. The van der Waals surface area contributed by atoms with Crippen molar-refractivity contribution in [2.75, 3.05) is 19.8 Å². The molecule has 1 aliphatic heterocycles. The highest BCUT2D eigenvalue weighted by Gasteiger charge is 2.43. The lowest BCUT2D eigenvalue weighted by atomic mass is 9.70. The number of rotatable bonds is 14. The summed E-state index contributed by atoms with van der Waals surface area (Å²) < 4.78 is 12.2. The Bertz CT molecular complexity index is 769. The van der Waals surface area contributed by atoms with Gasteiger partial charge in [0.05, 0.1) is 13.2 Å². The van der Waals surface area contributed by atoms with E-state index in [0.29, 0.717) is 13.2 Å². The second kappa shape index (κ2) is 12.1. The number of phenolic OH excluding ortho intramolecular Hbond substituents is 1. The molecule has 1 aromatic carbocycles. The zero-order valence-electron chi connectivity index (χ0n) is 19.8. The molecule has 1 aliphatic rings. The second-order valence-corrected chi connectivity index (χ2v) is 9.95. The van der Waals surface area contributed by atoms with Gasteiger partial charge in [-0.3, -0.25) is 0 Å². The van der Waals surface area contributed by atoms with Gasteiger partial charge in [0.2, 0.25) is 0 Å². The van der Waals surface area contributed by atoms with E-state index in [9.17, 15) is 9.90 Å². The third kappa shape index (κ3) is 7.87. The molecular weight excluding hydrogens is 388 g/mol. The summed E-state index contributed by atoms with van der Waals surface area (Å²) in [6.07, 6.45) is 10.7. The summed E-state index contributed by atoms with van der Waals surface area (Å²) in [5.74, 6) is 2.98. The van der Waals surface area contributed by atoms with Crippen LogP contribution >= 0.6 is 0 Å². The van der Waals surface area contributed by atoms with Gasteiger partial charge in [-0.1, -0.05) is 71.9 Å². The monoisotopic (exact) mass is 428 g/mol. The van der Waals surface area contributed by atoms with Crippen LogP contribution in [0, 0.1) is 10.8 Å². The van der Waals surface area contributed by atoms with Crippen molar-refractivity contribution in [2.45, 2.75) is 79.1 Å². The predicted molar refractivity (Wildman–Crippen MR) is 127 cm³/mol. The molecule has 0 bridgehead atoms. The summed E-state index contributed by atoms with van der Waals surface area (Å²) >= 11 is 0. The van der Waals surface area contributed by atoms with Crippen LogP contribution in [0.15, 0.2) is 35.9 Å². The fraction of sp³-hybridized carbons (Fsp3) is 0.630. The lowest BCUT2D eigenvalue weighted by Gasteiger charge is -2.34. The normalized spacial score (nSPS) is 15.6. The minimum absolute atomic E-state index is 0.0742. The number of hydrogen-bond acceptors (Lipinski definition) is 4. The Balaban J connectivity index is 1.79. The molecule has 0 aromatic heterocycles. The number of phenols is 1. The van der Waals surface area contributed by atoms with Crippen LogP contribution < -0.4 is 0 Å². The summed E-state index contributed by atoms with van der Waals surface area (Å²) in [5, 5.41) is 9.90. The Hall–Kier alpha value is -2.03. The van der Waals surface area contributed by atoms with Crippen LogP contribution in [0.25, 0.3) is 5.76 Å². The molecule has 0 spiro atoms. The van der Waals surface area contributed by atoms with E-state index in [0.717, 1.165) is 37.2 Å². The van der Waals surface area contributed by atoms with Crippen molar-refractivity contribution in [3.8, 4) is 5.75 Å². The molecule has 0 fully saturated rings. The SMILES string of the molecule is CC(C)(COCCCCCCCCCC=C=O)C1=C(c2cccc(O)c2)OCC1(C)C. The van der Waals surface area contributed by atoms with Crippen molar-refractivity contribution >= 4 is 11.7 Å². The maximum atomic E-state index is 10.1. The van der Waals surface area contributed by atoms with E-state index in [2.05, 4.69) is 27.7 Å². The Morgan fingerprint density at radius 1 is 1.13 bits per heavy atom. The molecule has 1 N–H and O–H groups in total. The molecule has 1 aromatic rings. The first-order valence-corrected chi connectivity index (χ1v) is 11.7. The average molecular weight is 429 g/mol. The van der Waals surface area contributed by atoms with Gasteiger partial charge in [-0.05, 0) is 43.0 Å². The van der Waals surface area contributed by atoms with Crippen LogP contribution in [-0.2, 0) is 14.3 Å². The van der Waals surface area contributed by atoms with E-state index >= 15 is 0 Å². The Labute approximate surface area is 188 Å². The first kappa shape index (κ1) is 25.2. The van der Waals surface area contributed by atoms with E-state index in [1.54, 1.807) is 18.2 Å². The van der Waals surface area contributed by atoms with E-state index in [4.69, 9.17) is 9.47 Å². The minimum atomic E-state index is -0.156. The van der Waals surface area contributed by atoms with Gasteiger partial charge >= 0.3 is 0 Å². The molecular formula is C27H40O4. The van der Waals surface area contributed by atoms with E-state index in [-0.39, 0.29) is 16.6 Å². The highest BCUT2D eigenvalue weighted by molar-refractivity contribution is 5.68. The van der Waals surface area contributed by atoms with Gasteiger partial charge in [0.25, 0.3) is 0 Å². The van der Waals surface area contributed by atoms with Gasteiger partial charge in [-0.25, -0.2) is 4.79 Å². The summed E-state index contributed by atoms with van der Waals surface area (Å²) in [7, 11) is 0. The summed E-state index contributed by atoms with van der Waals surface area (Å²) in [6.45, 7) is 11.0. The summed E-state index contributed by atoms with van der Waals surface area (Å²) in [6, 6.07) is 7.30. The van der Waals surface area contributed by atoms with E-state index in [1.165, 1.54) is 37.7 Å². The Kier molecular flexibility index (Phi) is 9.87. The fourth-order valence-corrected chi connectivity index (χ4v) is 4.60. The van der Waals surface area contributed by atoms with Crippen molar-refractivity contribution in [1.82, 2.24) is 0 Å². The Morgan fingerprint density at radius 2 is 1.81 bits per heavy atom. The molecule has 4 heteroatoms. The molecule has 172 valence electrons. The first-order chi connectivity index (χ1) is 14.8. The molecule has 31 heavy (non-hydrogen) atoms. The average Bonchev–Trinajstić information content (AvgIpc) is 3.05. The molecule has 0 atom stereocenters. The van der Waals surface area contributed by atoms with Crippen LogP contribution in [0.2, 0.25) is 0 Å². The van der Waals surface area contributed by atoms with Crippen molar-refractivity contribution in [3.05, 3.63) is 41.5 Å². The van der Waals surface area contributed by atoms with Gasteiger partial charge in [-0.15, -0.1) is 0 Å². The molecule has 0 amide bonds. The molecule has 0 unspecified atom stereocenters. The zero-order valence-corrected chi connectivity index (χ0v) is 19.8. The molecule has 0 radical (unpaired) electrons. The Morgan fingerprint density at radius 3 is 2.48 bits per heavy atom. The number of carbonyl (C=O) groups excluding carboxylic acids is 1. The van der Waals surface area contributed by atoms with E-state index < -0.39 is 0 Å². The van der Waals surface area contributed by atoms with Crippen molar-refractivity contribution in [2.24, 2.45) is 10.8 Å². The summed E-state index contributed by atoms with van der Waals surface area (Å²) in [5.41, 5.74) is 1.96. The van der Waals surface area contributed by atoms with Gasteiger partial charge in [0.15, 0.2) is 0 Å². The smallest absolute Gasteiger partial charge is 0.127 e. The second-order valence-electron chi connectivity index (χ2n) is 9.95. The predicted octanol–water partition coefficient (Wildman–Crippen LogP) is 6.71. The highest BCUT2D eigenvalue weighted by Crippen LogP contribution is 2.50. The highest BCUT2D eigenvalue weighted by atomic mass is 16.5. The molecule has 1 heterocycles. The number of unbranched alkanes of at least 4 members (excludes halogenated alkanes) is 7. The van der Waals surface area contributed by atoms with Crippen LogP contribution in [0.4, 0.5) is 0 Å². The topological polar surface area (TPSA) is 55.8 Å². The standard InChI is InChI=1S/C27H40O4/c1-26(2,20-30-18-13-11-9-7-5-6-8-10-12-17-28)25-24(31-21-27(25,3)4)22-15-14-16-23(29)19-22/h12,14-16,19,29H,5-11,13,18,20-21H2,1-4H3. The van der Waals surface area contributed by atoms with Crippen molar-refractivity contribution in [1.29, 1.82) is 0 Å². The molecule has 0 saturated carbocycles. The largest absolute Gasteiger partial charge is 0.508 e. The van der Waals surface area contributed by atoms with Crippen molar-refractivity contribution in [3.63, 3.8) is 0 Å². The van der Waals surface area contributed by atoms with Crippen LogP contribution in [0.3, 0.4) is 0 Å². The van der Waals surface area contributed by atoms with Crippen LogP contribution in [0.5, 0.6) is 5.75 Å².